The summed E-state index contributed by atoms with van der Waals surface area (Å²) in [5.74, 6) is 1.86. The monoisotopic (exact) mass is 269 g/mol. The Bertz CT molecular complexity index is 637. The van der Waals surface area contributed by atoms with Gasteiger partial charge in [0.15, 0.2) is 0 Å². The number of rotatable bonds is 2. The van der Waals surface area contributed by atoms with E-state index in [1.54, 1.807) is 7.11 Å². The van der Waals surface area contributed by atoms with Crippen molar-refractivity contribution in [2.45, 2.75) is 19.9 Å². The SMILES string of the molecule is COc1ccc(C2COc3ccccc3N2)c(C)c1C. The van der Waals surface area contributed by atoms with E-state index < -0.39 is 0 Å². The number of hydrogen-bond donors (Lipinski definition) is 1. The Kier molecular flexibility index (Phi) is 3.26. The molecule has 0 spiro atoms. The zero-order valence-electron chi connectivity index (χ0n) is 12.1. The summed E-state index contributed by atoms with van der Waals surface area (Å²) >= 11 is 0. The number of hydrogen-bond acceptors (Lipinski definition) is 3. The topological polar surface area (TPSA) is 30.5 Å². The summed E-state index contributed by atoms with van der Waals surface area (Å²) in [6.07, 6.45) is 0. The van der Waals surface area contributed by atoms with E-state index in [0.717, 1.165) is 17.2 Å². The molecule has 0 saturated heterocycles. The normalized spacial score (nSPS) is 16.9. The van der Waals surface area contributed by atoms with Crippen LogP contribution in [0, 0.1) is 13.8 Å². The number of nitrogens with one attached hydrogen (secondary N) is 1. The first-order valence-corrected chi connectivity index (χ1v) is 6.83. The van der Waals surface area contributed by atoms with Crippen molar-refractivity contribution >= 4 is 5.69 Å². The Morgan fingerprint density at radius 1 is 1.10 bits per heavy atom. The molecular formula is C17H19NO2. The van der Waals surface area contributed by atoms with Gasteiger partial charge in [0.05, 0.1) is 18.8 Å². The fraction of sp³-hybridized carbons (Fsp3) is 0.294. The predicted molar refractivity (Wildman–Crippen MR) is 80.8 cm³/mol. The lowest BCUT2D eigenvalue weighted by atomic mass is 9.96. The Morgan fingerprint density at radius 3 is 2.70 bits per heavy atom. The molecule has 0 aromatic heterocycles. The Morgan fingerprint density at radius 2 is 1.90 bits per heavy atom. The van der Waals surface area contributed by atoms with Gasteiger partial charge in [0.2, 0.25) is 0 Å². The van der Waals surface area contributed by atoms with Crippen LogP contribution in [0.15, 0.2) is 36.4 Å². The second kappa shape index (κ2) is 5.08. The van der Waals surface area contributed by atoms with Gasteiger partial charge >= 0.3 is 0 Å². The highest BCUT2D eigenvalue weighted by Crippen LogP contribution is 2.36. The fourth-order valence-corrected chi connectivity index (χ4v) is 2.70. The van der Waals surface area contributed by atoms with Crippen molar-refractivity contribution < 1.29 is 9.47 Å². The molecule has 1 heterocycles. The minimum atomic E-state index is 0.175. The van der Waals surface area contributed by atoms with Gasteiger partial charge in [0.25, 0.3) is 0 Å². The first-order chi connectivity index (χ1) is 9.70. The van der Waals surface area contributed by atoms with Gasteiger partial charge in [-0.05, 0) is 48.7 Å². The molecule has 1 N–H and O–H groups in total. The second-order valence-corrected chi connectivity index (χ2v) is 5.11. The second-order valence-electron chi connectivity index (χ2n) is 5.11. The molecule has 3 heteroatoms. The standard InChI is InChI=1S/C17H19NO2/c1-11-12(2)16(19-3)9-8-13(11)15-10-20-17-7-5-4-6-14(17)18-15/h4-9,15,18H,10H2,1-3H3. The Hall–Kier alpha value is -2.16. The molecule has 0 amide bonds. The number of ether oxygens (including phenoxy) is 2. The van der Waals surface area contributed by atoms with Crippen LogP contribution in [-0.2, 0) is 0 Å². The van der Waals surface area contributed by atoms with E-state index in [1.165, 1.54) is 16.7 Å². The van der Waals surface area contributed by atoms with Crippen LogP contribution in [0.2, 0.25) is 0 Å². The first-order valence-electron chi connectivity index (χ1n) is 6.83. The lowest BCUT2D eigenvalue weighted by molar-refractivity contribution is 0.286. The van der Waals surface area contributed by atoms with Gasteiger partial charge in [0.1, 0.15) is 18.1 Å². The fourth-order valence-electron chi connectivity index (χ4n) is 2.70. The molecule has 0 radical (unpaired) electrons. The van der Waals surface area contributed by atoms with Crippen molar-refractivity contribution in [1.29, 1.82) is 0 Å². The quantitative estimate of drug-likeness (QED) is 0.898. The zero-order valence-corrected chi connectivity index (χ0v) is 12.1. The van der Waals surface area contributed by atoms with Crippen LogP contribution in [0.4, 0.5) is 5.69 Å². The van der Waals surface area contributed by atoms with Gasteiger partial charge < -0.3 is 14.8 Å². The number of methoxy groups -OCH3 is 1. The first kappa shape index (κ1) is 12.9. The lowest BCUT2D eigenvalue weighted by Crippen LogP contribution is -2.24. The summed E-state index contributed by atoms with van der Waals surface area (Å²) < 4.78 is 11.2. The van der Waals surface area contributed by atoms with Gasteiger partial charge in [-0.15, -0.1) is 0 Å². The summed E-state index contributed by atoms with van der Waals surface area (Å²) in [5.41, 5.74) is 4.75. The maximum atomic E-state index is 5.85. The Balaban J connectivity index is 1.94. The predicted octanol–water partition coefficient (Wildman–Crippen LogP) is 3.86. The highest BCUT2D eigenvalue weighted by Gasteiger charge is 2.22. The van der Waals surface area contributed by atoms with Crippen molar-refractivity contribution in [3.8, 4) is 11.5 Å². The minimum absolute atomic E-state index is 0.175. The van der Waals surface area contributed by atoms with Crippen molar-refractivity contribution in [3.05, 3.63) is 53.1 Å². The summed E-state index contributed by atoms with van der Waals surface area (Å²) in [7, 11) is 1.71. The number of para-hydroxylation sites is 2. The van der Waals surface area contributed by atoms with Crippen LogP contribution in [0.1, 0.15) is 22.7 Å². The summed E-state index contributed by atoms with van der Waals surface area (Å²) in [6.45, 7) is 4.87. The average molecular weight is 269 g/mol. The van der Waals surface area contributed by atoms with Crippen LogP contribution in [0.5, 0.6) is 11.5 Å². The summed E-state index contributed by atoms with van der Waals surface area (Å²) in [6, 6.07) is 12.4. The van der Waals surface area contributed by atoms with E-state index in [0.29, 0.717) is 6.61 Å². The molecule has 20 heavy (non-hydrogen) atoms. The molecule has 104 valence electrons. The number of fused-ring (bicyclic) bond motifs is 1. The molecule has 3 rings (SSSR count). The lowest BCUT2D eigenvalue weighted by Gasteiger charge is -2.29. The smallest absolute Gasteiger partial charge is 0.142 e. The van der Waals surface area contributed by atoms with Gasteiger partial charge in [-0.1, -0.05) is 18.2 Å². The highest BCUT2D eigenvalue weighted by molar-refractivity contribution is 5.60. The van der Waals surface area contributed by atoms with Gasteiger partial charge in [0, 0.05) is 0 Å². The van der Waals surface area contributed by atoms with Gasteiger partial charge in [-0.2, -0.15) is 0 Å². The minimum Gasteiger partial charge on any atom is -0.496 e. The molecule has 0 fully saturated rings. The van der Waals surface area contributed by atoms with E-state index in [1.807, 2.05) is 30.3 Å². The van der Waals surface area contributed by atoms with E-state index >= 15 is 0 Å². The third-order valence-electron chi connectivity index (χ3n) is 4.00. The van der Waals surface area contributed by atoms with Gasteiger partial charge in [-0.3, -0.25) is 0 Å². The molecule has 0 saturated carbocycles. The van der Waals surface area contributed by atoms with Crippen LogP contribution in [0.25, 0.3) is 0 Å². The average Bonchev–Trinajstić information content (AvgIpc) is 2.49. The van der Waals surface area contributed by atoms with Gasteiger partial charge in [-0.25, -0.2) is 0 Å². The molecule has 1 aliphatic rings. The van der Waals surface area contributed by atoms with Crippen LogP contribution >= 0.6 is 0 Å². The third-order valence-corrected chi connectivity index (χ3v) is 4.00. The van der Waals surface area contributed by atoms with Crippen LogP contribution < -0.4 is 14.8 Å². The summed E-state index contributed by atoms with van der Waals surface area (Å²) in [4.78, 5) is 0. The molecule has 1 unspecified atom stereocenters. The molecule has 1 atom stereocenters. The maximum Gasteiger partial charge on any atom is 0.142 e. The zero-order chi connectivity index (χ0) is 14.1. The Labute approximate surface area is 119 Å². The van der Waals surface area contributed by atoms with Crippen LogP contribution in [-0.4, -0.2) is 13.7 Å². The van der Waals surface area contributed by atoms with E-state index in [-0.39, 0.29) is 6.04 Å². The van der Waals surface area contributed by atoms with E-state index in [9.17, 15) is 0 Å². The van der Waals surface area contributed by atoms with Crippen molar-refractivity contribution in [3.63, 3.8) is 0 Å². The highest BCUT2D eigenvalue weighted by atomic mass is 16.5. The maximum absolute atomic E-state index is 5.85. The largest absolute Gasteiger partial charge is 0.496 e. The number of benzene rings is 2. The van der Waals surface area contributed by atoms with E-state index in [2.05, 4.69) is 25.2 Å². The molecular weight excluding hydrogens is 250 g/mol. The van der Waals surface area contributed by atoms with Crippen molar-refractivity contribution in [2.75, 3.05) is 19.0 Å². The third kappa shape index (κ3) is 2.09. The van der Waals surface area contributed by atoms with Crippen molar-refractivity contribution in [1.82, 2.24) is 0 Å². The number of anilines is 1. The van der Waals surface area contributed by atoms with Crippen LogP contribution in [0.3, 0.4) is 0 Å². The molecule has 2 aromatic rings. The molecule has 0 bridgehead atoms. The van der Waals surface area contributed by atoms with Crippen molar-refractivity contribution in [2.24, 2.45) is 0 Å². The molecule has 0 aliphatic carbocycles. The van der Waals surface area contributed by atoms with E-state index in [4.69, 9.17) is 9.47 Å². The molecule has 3 nitrogen and oxygen atoms in total. The molecule has 1 aliphatic heterocycles. The molecule has 2 aromatic carbocycles. The summed E-state index contributed by atoms with van der Waals surface area (Å²) in [5, 5.41) is 3.55.